The third-order valence-corrected chi connectivity index (χ3v) is 5.62. The molecule has 0 unspecified atom stereocenters. The minimum absolute atomic E-state index is 0.0304. The van der Waals surface area contributed by atoms with Gasteiger partial charge in [0.2, 0.25) is 5.91 Å². The van der Waals surface area contributed by atoms with Crippen molar-refractivity contribution in [2.24, 2.45) is 0 Å². The number of anilines is 1. The summed E-state index contributed by atoms with van der Waals surface area (Å²) in [5.41, 5.74) is 1.67. The number of carbonyl (C=O) groups excluding carboxylic acids is 2. The van der Waals surface area contributed by atoms with Crippen LogP contribution in [0.2, 0.25) is 0 Å². The van der Waals surface area contributed by atoms with Gasteiger partial charge in [0.1, 0.15) is 4.32 Å². The molecule has 1 saturated carbocycles. The highest BCUT2D eigenvalue weighted by Gasteiger charge is 2.37. The van der Waals surface area contributed by atoms with Crippen molar-refractivity contribution >= 4 is 51.9 Å². The fourth-order valence-electron chi connectivity index (χ4n) is 3.15. The van der Waals surface area contributed by atoms with E-state index in [1.54, 1.807) is 0 Å². The molecular formula is C18H20N2O2S2. The molecule has 4 nitrogen and oxygen atoms in total. The Hall–Kier alpha value is -1.66. The summed E-state index contributed by atoms with van der Waals surface area (Å²) in [7, 11) is 0. The standard InChI is InChI=1S/C18H20N2O2S2/c1-12(21)19-14-9-7-13(8-10-14)11-16-17(22)20(18(23)24-16)15-5-3-2-4-6-15/h7-11,15H,2-6H2,1H3,(H,19,21)/b16-11+. The van der Waals surface area contributed by atoms with Crippen LogP contribution in [0.5, 0.6) is 0 Å². The average molecular weight is 361 g/mol. The van der Waals surface area contributed by atoms with Gasteiger partial charge in [0.15, 0.2) is 0 Å². The van der Waals surface area contributed by atoms with Crippen LogP contribution in [-0.4, -0.2) is 27.1 Å². The Kier molecular flexibility index (Phi) is 5.36. The first kappa shape index (κ1) is 17.2. The van der Waals surface area contributed by atoms with E-state index < -0.39 is 0 Å². The monoisotopic (exact) mass is 360 g/mol. The average Bonchev–Trinajstić information content (AvgIpc) is 2.83. The predicted molar refractivity (Wildman–Crippen MR) is 103 cm³/mol. The lowest BCUT2D eigenvalue weighted by molar-refractivity contribution is -0.124. The lowest BCUT2D eigenvalue weighted by Crippen LogP contribution is -2.39. The van der Waals surface area contributed by atoms with Crippen LogP contribution in [0.4, 0.5) is 5.69 Å². The maximum Gasteiger partial charge on any atom is 0.266 e. The zero-order valence-electron chi connectivity index (χ0n) is 13.6. The van der Waals surface area contributed by atoms with Gasteiger partial charge in [-0.1, -0.05) is 55.4 Å². The first-order valence-electron chi connectivity index (χ1n) is 8.19. The third-order valence-electron chi connectivity index (χ3n) is 4.29. The molecule has 126 valence electrons. The Balaban J connectivity index is 1.74. The van der Waals surface area contributed by atoms with Crippen molar-refractivity contribution in [2.45, 2.75) is 45.1 Å². The summed E-state index contributed by atoms with van der Waals surface area (Å²) in [4.78, 5) is 26.3. The summed E-state index contributed by atoms with van der Waals surface area (Å²) in [6.07, 6.45) is 7.56. The minimum Gasteiger partial charge on any atom is -0.326 e. The van der Waals surface area contributed by atoms with Gasteiger partial charge in [-0.05, 0) is 36.6 Å². The molecule has 1 heterocycles. The quantitative estimate of drug-likeness (QED) is 0.649. The molecule has 24 heavy (non-hydrogen) atoms. The van der Waals surface area contributed by atoms with Gasteiger partial charge in [0.05, 0.1) is 4.91 Å². The van der Waals surface area contributed by atoms with Gasteiger partial charge in [-0.2, -0.15) is 0 Å². The Morgan fingerprint density at radius 2 is 1.92 bits per heavy atom. The van der Waals surface area contributed by atoms with Crippen LogP contribution in [0.1, 0.15) is 44.6 Å². The molecule has 2 fully saturated rings. The number of nitrogens with zero attached hydrogens (tertiary/aromatic N) is 1. The molecule has 0 aromatic heterocycles. The van der Waals surface area contributed by atoms with Crippen molar-refractivity contribution in [3.63, 3.8) is 0 Å². The lowest BCUT2D eigenvalue weighted by Gasteiger charge is -2.29. The number of thioether (sulfide) groups is 1. The largest absolute Gasteiger partial charge is 0.326 e. The zero-order valence-corrected chi connectivity index (χ0v) is 15.2. The topological polar surface area (TPSA) is 49.4 Å². The molecule has 1 N–H and O–H groups in total. The normalized spacial score (nSPS) is 20.7. The van der Waals surface area contributed by atoms with Crippen molar-refractivity contribution in [3.8, 4) is 0 Å². The minimum atomic E-state index is -0.101. The van der Waals surface area contributed by atoms with Crippen molar-refractivity contribution in [1.82, 2.24) is 4.90 Å². The summed E-state index contributed by atoms with van der Waals surface area (Å²) in [5.74, 6) is -0.0704. The predicted octanol–water partition coefficient (Wildman–Crippen LogP) is 4.18. The van der Waals surface area contributed by atoms with E-state index in [9.17, 15) is 9.59 Å². The van der Waals surface area contributed by atoms with E-state index >= 15 is 0 Å². The summed E-state index contributed by atoms with van der Waals surface area (Å²) in [6.45, 7) is 1.48. The summed E-state index contributed by atoms with van der Waals surface area (Å²) in [5, 5.41) is 2.73. The van der Waals surface area contributed by atoms with Crippen molar-refractivity contribution in [1.29, 1.82) is 0 Å². The van der Waals surface area contributed by atoms with Crippen LogP contribution in [0.3, 0.4) is 0 Å². The van der Waals surface area contributed by atoms with E-state index in [4.69, 9.17) is 12.2 Å². The molecule has 1 aliphatic heterocycles. The molecule has 3 rings (SSSR count). The van der Waals surface area contributed by atoms with Crippen LogP contribution >= 0.6 is 24.0 Å². The van der Waals surface area contributed by atoms with Gasteiger partial charge in [0.25, 0.3) is 5.91 Å². The number of nitrogens with one attached hydrogen (secondary N) is 1. The van der Waals surface area contributed by atoms with Crippen molar-refractivity contribution in [3.05, 3.63) is 34.7 Å². The van der Waals surface area contributed by atoms with Gasteiger partial charge in [-0.15, -0.1) is 0 Å². The van der Waals surface area contributed by atoms with Crippen LogP contribution in [0.25, 0.3) is 6.08 Å². The molecule has 6 heteroatoms. The van der Waals surface area contributed by atoms with E-state index in [2.05, 4.69) is 5.32 Å². The fourth-order valence-corrected chi connectivity index (χ4v) is 4.55. The molecule has 0 bridgehead atoms. The van der Waals surface area contributed by atoms with Crippen LogP contribution in [0.15, 0.2) is 29.2 Å². The van der Waals surface area contributed by atoms with Gasteiger partial charge in [0, 0.05) is 18.7 Å². The fraction of sp³-hybridized carbons (Fsp3) is 0.389. The van der Waals surface area contributed by atoms with Crippen molar-refractivity contribution < 1.29 is 9.59 Å². The first-order chi connectivity index (χ1) is 11.5. The van der Waals surface area contributed by atoms with Crippen LogP contribution < -0.4 is 5.32 Å². The van der Waals surface area contributed by atoms with E-state index in [0.717, 1.165) is 24.1 Å². The highest BCUT2D eigenvalue weighted by atomic mass is 32.2. The number of benzene rings is 1. The van der Waals surface area contributed by atoms with E-state index in [1.807, 2.05) is 35.2 Å². The lowest BCUT2D eigenvalue weighted by atomic mass is 9.94. The zero-order chi connectivity index (χ0) is 17.1. The van der Waals surface area contributed by atoms with Gasteiger partial charge >= 0.3 is 0 Å². The Bertz CT molecular complexity index is 691. The second kappa shape index (κ2) is 7.49. The van der Waals surface area contributed by atoms with Crippen molar-refractivity contribution in [2.75, 3.05) is 5.32 Å². The molecule has 1 saturated heterocycles. The maximum atomic E-state index is 12.7. The molecule has 1 aromatic carbocycles. The Morgan fingerprint density at radius 3 is 2.54 bits per heavy atom. The number of thiocarbonyl (C=S) groups is 1. The Morgan fingerprint density at radius 1 is 1.25 bits per heavy atom. The number of carbonyl (C=O) groups is 2. The second-order valence-electron chi connectivity index (χ2n) is 6.15. The third kappa shape index (κ3) is 3.87. The van der Waals surface area contributed by atoms with E-state index in [1.165, 1.54) is 37.9 Å². The number of rotatable bonds is 3. The van der Waals surface area contributed by atoms with E-state index in [0.29, 0.717) is 9.23 Å². The van der Waals surface area contributed by atoms with Gasteiger partial charge in [-0.25, -0.2) is 0 Å². The Labute approximate surface area is 151 Å². The highest BCUT2D eigenvalue weighted by Crippen LogP contribution is 2.37. The maximum absolute atomic E-state index is 12.7. The molecule has 2 aliphatic rings. The van der Waals surface area contributed by atoms with Crippen LogP contribution in [0, 0.1) is 0 Å². The molecule has 1 aliphatic carbocycles. The summed E-state index contributed by atoms with van der Waals surface area (Å²) in [6, 6.07) is 7.69. The smallest absolute Gasteiger partial charge is 0.266 e. The molecule has 2 amide bonds. The first-order valence-corrected chi connectivity index (χ1v) is 9.42. The second-order valence-corrected chi connectivity index (χ2v) is 7.82. The van der Waals surface area contributed by atoms with Gasteiger partial charge in [-0.3, -0.25) is 14.5 Å². The molecule has 0 radical (unpaired) electrons. The van der Waals surface area contributed by atoms with Gasteiger partial charge < -0.3 is 5.32 Å². The SMILES string of the molecule is CC(=O)Nc1ccc(/C=C2/SC(=S)N(C3CCCCC3)C2=O)cc1. The van der Waals surface area contributed by atoms with E-state index in [-0.39, 0.29) is 17.9 Å². The molecule has 0 atom stereocenters. The highest BCUT2D eigenvalue weighted by molar-refractivity contribution is 8.26. The number of hydrogen-bond donors (Lipinski definition) is 1. The number of amides is 2. The van der Waals surface area contributed by atoms with Crippen LogP contribution in [-0.2, 0) is 9.59 Å². The molecule has 0 spiro atoms. The number of hydrogen-bond acceptors (Lipinski definition) is 4. The summed E-state index contributed by atoms with van der Waals surface area (Å²) >= 11 is 6.82. The summed E-state index contributed by atoms with van der Waals surface area (Å²) < 4.78 is 0.674. The molecular weight excluding hydrogens is 340 g/mol. The molecule has 1 aromatic rings.